The summed E-state index contributed by atoms with van der Waals surface area (Å²) in [6.45, 7) is 0. The monoisotopic (exact) mass is 341 g/mol. The Balaban J connectivity index is 2.35. The van der Waals surface area contributed by atoms with Gasteiger partial charge in [0, 0.05) is 24.5 Å². The molecule has 0 aromatic heterocycles. The number of hydrogen-bond donors (Lipinski definition) is 6. The first-order chi connectivity index (χ1) is 10.7. The zero-order valence-electron chi connectivity index (χ0n) is 11.9. The maximum absolute atomic E-state index is 11.1. The number of aromatic hydroxyl groups is 1. The molecule has 0 saturated heterocycles. The molecule has 1 aromatic rings. The standard InChI is InChI=1S/C14H16NO7P/c16-9-3-1-8(2-4-9)5-12(18)14-11(15-23(20,21)22)6-10(17)7-13(14)19/h1-4,7,12,16-19H,5-6H2,(H2,20,21,22). The van der Waals surface area contributed by atoms with Gasteiger partial charge in [0.25, 0.3) is 0 Å². The fraction of sp³-hybridized carbons (Fsp3) is 0.214. The van der Waals surface area contributed by atoms with Crippen molar-refractivity contribution in [2.75, 3.05) is 0 Å². The van der Waals surface area contributed by atoms with E-state index in [0.29, 0.717) is 5.56 Å². The van der Waals surface area contributed by atoms with Gasteiger partial charge in [0.05, 0.1) is 11.8 Å². The second-order valence-corrected chi connectivity index (χ2v) is 6.28. The van der Waals surface area contributed by atoms with Crippen molar-refractivity contribution in [1.29, 1.82) is 0 Å². The van der Waals surface area contributed by atoms with E-state index in [2.05, 4.69) is 4.76 Å². The molecule has 0 saturated carbocycles. The van der Waals surface area contributed by atoms with Crippen molar-refractivity contribution in [1.82, 2.24) is 0 Å². The predicted octanol–water partition coefficient (Wildman–Crippen LogP) is 1.49. The van der Waals surface area contributed by atoms with Crippen LogP contribution in [0.1, 0.15) is 12.0 Å². The van der Waals surface area contributed by atoms with Crippen LogP contribution in [0.4, 0.5) is 0 Å². The van der Waals surface area contributed by atoms with Gasteiger partial charge in [-0.3, -0.25) is 0 Å². The molecule has 1 aliphatic rings. The summed E-state index contributed by atoms with van der Waals surface area (Å²) < 4.78 is 14.3. The molecule has 1 atom stereocenters. The van der Waals surface area contributed by atoms with Crippen molar-refractivity contribution in [2.24, 2.45) is 4.76 Å². The highest BCUT2D eigenvalue weighted by Crippen LogP contribution is 2.39. The zero-order chi connectivity index (χ0) is 17.2. The van der Waals surface area contributed by atoms with Crippen LogP contribution in [0.2, 0.25) is 0 Å². The van der Waals surface area contributed by atoms with Gasteiger partial charge in [0.1, 0.15) is 17.3 Å². The Morgan fingerprint density at radius 1 is 1.13 bits per heavy atom. The van der Waals surface area contributed by atoms with E-state index in [-0.39, 0.29) is 35.6 Å². The van der Waals surface area contributed by atoms with Gasteiger partial charge in [-0.15, -0.1) is 0 Å². The highest BCUT2D eigenvalue weighted by Gasteiger charge is 2.28. The molecule has 0 aliphatic heterocycles. The fourth-order valence-corrected chi connectivity index (χ4v) is 2.76. The van der Waals surface area contributed by atoms with E-state index in [1.54, 1.807) is 12.1 Å². The van der Waals surface area contributed by atoms with Gasteiger partial charge >= 0.3 is 7.75 Å². The number of aliphatic hydroxyl groups is 3. The lowest BCUT2D eigenvalue weighted by Crippen LogP contribution is -2.25. The van der Waals surface area contributed by atoms with Crippen LogP contribution in [-0.2, 0) is 11.0 Å². The van der Waals surface area contributed by atoms with E-state index >= 15 is 0 Å². The van der Waals surface area contributed by atoms with Crippen LogP contribution in [0.5, 0.6) is 5.75 Å². The van der Waals surface area contributed by atoms with Crippen LogP contribution in [0, 0.1) is 0 Å². The van der Waals surface area contributed by atoms with Crippen LogP contribution in [0.15, 0.2) is 52.2 Å². The number of benzene rings is 1. The first-order valence-electron chi connectivity index (χ1n) is 6.59. The summed E-state index contributed by atoms with van der Waals surface area (Å²) in [4.78, 5) is 17.9. The van der Waals surface area contributed by atoms with E-state index in [9.17, 15) is 25.0 Å². The van der Waals surface area contributed by atoms with Crippen LogP contribution < -0.4 is 0 Å². The summed E-state index contributed by atoms with van der Waals surface area (Å²) in [7, 11) is -4.79. The van der Waals surface area contributed by atoms with E-state index in [1.807, 2.05) is 0 Å². The summed E-state index contributed by atoms with van der Waals surface area (Å²) in [5.74, 6) is -0.776. The Hall–Kier alpha value is -2.12. The fourth-order valence-electron chi connectivity index (χ4n) is 2.27. The quantitative estimate of drug-likeness (QED) is 0.454. The molecule has 9 heteroatoms. The van der Waals surface area contributed by atoms with Crippen LogP contribution in [0.25, 0.3) is 0 Å². The molecule has 6 N–H and O–H groups in total. The third kappa shape index (κ3) is 4.67. The lowest BCUT2D eigenvalue weighted by molar-refractivity contribution is 0.210. The third-order valence-corrected chi connectivity index (χ3v) is 3.69. The van der Waals surface area contributed by atoms with Gasteiger partial charge in [-0.05, 0) is 17.7 Å². The largest absolute Gasteiger partial charge is 0.512 e. The van der Waals surface area contributed by atoms with Crippen molar-refractivity contribution in [2.45, 2.75) is 18.9 Å². The van der Waals surface area contributed by atoms with E-state index in [1.165, 1.54) is 12.1 Å². The Bertz CT molecular complexity index is 730. The van der Waals surface area contributed by atoms with Crippen molar-refractivity contribution in [3.05, 3.63) is 53.0 Å². The SMILES string of the molecule is O=P(O)(O)N=C1CC(O)=CC(O)=C1C(O)Cc1ccc(O)cc1. The van der Waals surface area contributed by atoms with E-state index in [0.717, 1.165) is 6.08 Å². The highest BCUT2D eigenvalue weighted by molar-refractivity contribution is 7.50. The molecule has 0 bridgehead atoms. The molecule has 124 valence electrons. The Morgan fingerprint density at radius 2 is 1.74 bits per heavy atom. The number of nitrogens with zero attached hydrogens (tertiary/aromatic N) is 1. The molecule has 0 spiro atoms. The topological polar surface area (TPSA) is 151 Å². The second kappa shape index (κ2) is 6.55. The Kier molecular flexibility index (Phi) is 4.91. The molecule has 1 aliphatic carbocycles. The molecule has 23 heavy (non-hydrogen) atoms. The average Bonchev–Trinajstić information content (AvgIpc) is 2.38. The first-order valence-corrected chi connectivity index (χ1v) is 8.16. The molecule has 8 nitrogen and oxygen atoms in total. The molecule has 0 amide bonds. The molecule has 0 fully saturated rings. The molecule has 1 unspecified atom stereocenters. The lowest BCUT2D eigenvalue weighted by Gasteiger charge is -2.21. The summed E-state index contributed by atoms with van der Waals surface area (Å²) in [5.41, 5.74) is 0.200. The molecule has 1 aromatic carbocycles. The summed E-state index contributed by atoms with van der Waals surface area (Å²) in [5, 5.41) is 38.9. The predicted molar refractivity (Wildman–Crippen MR) is 82.3 cm³/mol. The van der Waals surface area contributed by atoms with Crippen molar-refractivity contribution in [3.8, 4) is 5.75 Å². The number of hydrogen-bond acceptors (Lipinski definition) is 5. The highest BCUT2D eigenvalue weighted by atomic mass is 31.2. The van der Waals surface area contributed by atoms with Gasteiger partial charge in [-0.2, -0.15) is 4.76 Å². The molecular formula is C14H16NO7P. The average molecular weight is 341 g/mol. The number of allylic oxidation sites excluding steroid dienone is 2. The molecule has 0 heterocycles. The maximum Gasteiger partial charge on any atom is 0.448 e. The van der Waals surface area contributed by atoms with Crippen LogP contribution in [0.3, 0.4) is 0 Å². The Morgan fingerprint density at radius 3 is 2.30 bits per heavy atom. The van der Waals surface area contributed by atoms with Gasteiger partial charge in [0.2, 0.25) is 0 Å². The first kappa shape index (κ1) is 17.2. The van der Waals surface area contributed by atoms with Crippen LogP contribution >= 0.6 is 7.75 Å². The van der Waals surface area contributed by atoms with Gasteiger partial charge in [-0.1, -0.05) is 12.1 Å². The van der Waals surface area contributed by atoms with E-state index < -0.39 is 19.6 Å². The van der Waals surface area contributed by atoms with Gasteiger partial charge in [-0.25, -0.2) is 4.57 Å². The second-order valence-electron chi connectivity index (χ2n) is 5.06. The summed E-state index contributed by atoms with van der Waals surface area (Å²) in [6.07, 6.45) is -0.589. The van der Waals surface area contributed by atoms with Crippen LogP contribution in [-0.4, -0.2) is 42.0 Å². The molecule has 0 radical (unpaired) electrons. The normalized spacial score (nSPS) is 18.9. The van der Waals surface area contributed by atoms with Crippen molar-refractivity contribution in [3.63, 3.8) is 0 Å². The smallest absolute Gasteiger partial charge is 0.448 e. The third-order valence-electron chi connectivity index (χ3n) is 3.19. The number of rotatable bonds is 4. The van der Waals surface area contributed by atoms with E-state index in [4.69, 9.17) is 9.79 Å². The lowest BCUT2D eigenvalue weighted by atomic mass is 9.91. The number of phenols is 1. The minimum Gasteiger partial charge on any atom is -0.512 e. The number of phenolic OH excluding ortho intramolecular Hbond substituents is 1. The van der Waals surface area contributed by atoms with Crippen molar-refractivity contribution < 1.29 is 34.8 Å². The minimum atomic E-state index is -4.79. The molecule has 2 rings (SSSR count). The number of aliphatic hydroxyl groups excluding tert-OH is 3. The minimum absolute atomic E-state index is 0.0223. The maximum atomic E-state index is 11.1. The Labute approximate surface area is 131 Å². The summed E-state index contributed by atoms with van der Waals surface area (Å²) in [6, 6.07) is 5.97. The molecular weight excluding hydrogens is 325 g/mol. The van der Waals surface area contributed by atoms with Gasteiger partial charge < -0.3 is 30.2 Å². The summed E-state index contributed by atoms with van der Waals surface area (Å²) >= 11 is 0. The van der Waals surface area contributed by atoms with Gasteiger partial charge in [0.15, 0.2) is 0 Å². The van der Waals surface area contributed by atoms with Crippen molar-refractivity contribution >= 4 is 13.5 Å². The zero-order valence-corrected chi connectivity index (χ0v) is 12.8.